The fourth-order valence-electron chi connectivity index (χ4n) is 4.60. The summed E-state index contributed by atoms with van der Waals surface area (Å²) in [5, 5.41) is 3.48. The Morgan fingerprint density at radius 3 is 2.74 bits per heavy atom. The van der Waals surface area contributed by atoms with Gasteiger partial charge in [-0.05, 0) is 57.7 Å². The number of piperidine rings is 1. The Kier molecular flexibility index (Phi) is 3.58. The van der Waals surface area contributed by atoms with E-state index >= 15 is 0 Å². The number of rotatable bonds is 1. The van der Waals surface area contributed by atoms with Crippen molar-refractivity contribution < 1.29 is 14.2 Å². The van der Waals surface area contributed by atoms with E-state index in [1.807, 2.05) is 12.1 Å². The molecule has 3 aliphatic rings. The highest BCUT2D eigenvalue weighted by atomic mass is 16.5. The van der Waals surface area contributed by atoms with Crippen LogP contribution in [-0.4, -0.2) is 32.4 Å². The number of ether oxygens (including phenoxy) is 3. The highest BCUT2D eigenvalue weighted by molar-refractivity contribution is 5.50. The summed E-state index contributed by atoms with van der Waals surface area (Å²) in [7, 11) is 1.70. The molecule has 2 saturated heterocycles. The molecule has 4 rings (SSSR count). The SMILES string of the molecule is COc1cccc2c1OC(C)(C)[C@H]1CC3(CCNCC3)CO[C@H]21. The second-order valence-electron chi connectivity index (χ2n) is 7.88. The lowest BCUT2D eigenvalue weighted by Gasteiger charge is -2.53. The molecule has 0 saturated carbocycles. The lowest BCUT2D eigenvalue weighted by Crippen LogP contribution is -2.53. The van der Waals surface area contributed by atoms with Crippen molar-refractivity contribution >= 4 is 0 Å². The van der Waals surface area contributed by atoms with E-state index in [0.717, 1.165) is 36.8 Å². The smallest absolute Gasteiger partial charge is 0.167 e. The van der Waals surface area contributed by atoms with Crippen molar-refractivity contribution in [2.45, 2.75) is 44.8 Å². The van der Waals surface area contributed by atoms with Gasteiger partial charge in [-0.1, -0.05) is 12.1 Å². The number of methoxy groups -OCH3 is 1. The first kappa shape index (κ1) is 15.3. The molecule has 0 radical (unpaired) electrons. The van der Waals surface area contributed by atoms with Crippen LogP contribution < -0.4 is 14.8 Å². The zero-order valence-corrected chi connectivity index (χ0v) is 14.4. The molecule has 2 atom stereocenters. The Bertz CT molecular complexity index is 592. The summed E-state index contributed by atoms with van der Waals surface area (Å²) in [5.74, 6) is 2.05. The predicted octanol–water partition coefficient (Wildman–Crippen LogP) is 3.31. The Hall–Kier alpha value is -1.26. The van der Waals surface area contributed by atoms with Crippen molar-refractivity contribution in [3.8, 4) is 11.5 Å². The van der Waals surface area contributed by atoms with Crippen LogP contribution in [0.4, 0.5) is 0 Å². The Labute approximate surface area is 138 Å². The van der Waals surface area contributed by atoms with Crippen LogP contribution in [0.15, 0.2) is 18.2 Å². The van der Waals surface area contributed by atoms with E-state index in [-0.39, 0.29) is 11.7 Å². The van der Waals surface area contributed by atoms with Crippen LogP contribution in [0.2, 0.25) is 0 Å². The van der Waals surface area contributed by atoms with Gasteiger partial charge in [0.05, 0.1) is 19.8 Å². The van der Waals surface area contributed by atoms with Crippen molar-refractivity contribution in [3.63, 3.8) is 0 Å². The molecule has 4 heteroatoms. The first-order chi connectivity index (χ1) is 11.0. The van der Waals surface area contributed by atoms with Crippen molar-refractivity contribution in [2.24, 2.45) is 11.3 Å². The van der Waals surface area contributed by atoms with Crippen LogP contribution >= 0.6 is 0 Å². The zero-order valence-electron chi connectivity index (χ0n) is 14.4. The van der Waals surface area contributed by atoms with E-state index in [4.69, 9.17) is 14.2 Å². The quantitative estimate of drug-likeness (QED) is 0.862. The number of fused-ring (bicyclic) bond motifs is 3. The first-order valence-corrected chi connectivity index (χ1v) is 8.73. The Balaban J connectivity index is 1.71. The largest absolute Gasteiger partial charge is 0.493 e. The van der Waals surface area contributed by atoms with Crippen molar-refractivity contribution in [1.82, 2.24) is 5.32 Å². The molecule has 1 spiro atoms. The number of benzene rings is 1. The maximum absolute atomic E-state index is 6.47. The zero-order chi connectivity index (χ0) is 16.1. The van der Waals surface area contributed by atoms with Crippen LogP contribution in [0, 0.1) is 11.3 Å². The molecule has 3 aliphatic heterocycles. The van der Waals surface area contributed by atoms with Crippen LogP contribution in [0.5, 0.6) is 11.5 Å². The molecule has 3 heterocycles. The van der Waals surface area contributed by atoms with Crippen LogP contribution in [-0.2, 0) is 4.74 Å². The second kappa shape index (κ2) is 5.38. The van der Waals surface area contributed by atoms with Gasteiger partial charge in [-0.15, -0.1) is 0 Å². The van der Waals surface area contributed by atoms with Gasteiger partial charge in [-0.2, -0.15) is 0 Å². The molecule has 0 aromatic heterocycles. The van der Waals surface area contributed by atoms with Gasteiger partial charge in [0.2, 0.25) is 0 Å². The Morgan fingerprint density at radius 2 is 2.00 bits per heavy atom. The molecule has 0 unspecified atom stereocenters. The van der Waals surface area contributed by atoms with E-state index in [0.29, 0.717) is 11.3 Å². The molecule has 1 aromatic carbocycles. The normalized spacial score (nSPS) is 30.9. The molecular formula is C19H27NO3. The molecule has 0 bridgehead atoms. The van der Waals surface area contributed by atoms with E-state index in [1.165, 1.54) is 19.3 Å². The average molecular weight is 317 g/mol. The number of nitrogens with one attached hydrogen (secondary N) is 1. The average Bonchev–Trinajstić information content (AvgIpc) is 2.55. The topological polar surface area (TPSA) is 39.7 Å². The fourth-order valence-corrected chi connectivity index (χ4v) is 4.60. The third kappa shape index (κ3) is 2.43. The van der Waals surface area contributed by atoms with Crippen LogP contribution in [0.25, 0.3) is 0 Å². The minimum absolute atomic E-state index is 0.115. The highest BCUT2D eigenvalue weighted by Gasteiger charge is 2.52. The van der Waals surface area contributed by atoms with Crippen LogP contribution in [0.3, 0.4) is 0 Å². The summed E-state index contributed by atoms with van der Waals surface area (Å²) in [6.45, 7) is 7.47. The minimum atomic E-state index is -0.245. The van der Waals surface area contributed by atoms with Crippen molar-refractivity contribution in [1.29, 1.82) is 0 Å². The van der Waals surface area contributed by atoms with Gasteiger partial charge in [0.1, 0.15) is 5.60 Å². The second-order valence-corrected chi connectivity index (χ2v) is 7.88. The van der Waals surface area contributed by atoms with Gasteiger partial charge in [0, 0.05) is 11.5 Å². The maximum atomic E-state index is 6.47. The van der Waals surface area contributed by atoms with Crippen LogP contribution in [0.1, 0.15) is 44.8 Å². The molecule has 1 N–H and O–H groups in total. The minimum Gasteiger partial charge on any atom is -0.493 e. The Morgan fingerprint density at radius 1 is 1.22 bits per heavy atom. The number of hydrogen-bond acceptors (Lipinski definition) is 4. The third-order valence-electron chi connectivity index (χ3n) is 6.05. The monoisotopic (exact) mass is 317 g/mol. The summed E-state index contributed by atoms with van der Waals surface area (Å²) in [4.78, 5) is 0. The lowest BCUT2D eigenvalue weighted by atomic mass is 9.64. The van der Waals surface area contributed by atoms with Gasteiger partial charge in [0.15, 0.2) is 11.5 Å². The number of hydrogen-bond donors (Lipinski definition) is 1. The molecule has 4 nitrogen and oxygen atoms in total. The summed E-state index contributed by atoms with van der Waals surface area (Å²) < 4.78 is 18.4. The molecular weight excluding hydrogens is 290 g/mol. The van der Waals surface area contributed by atoms with E-state index in [2.05, 4.69) is 25.2 Å². The van der Waals surface area contributed by atoms with E-state index < -0.39 is 0 Å². The fraction of sp³-hybridized carbons (Fsp3) is 0.684. The summed E-state index contributed by atoms with van der Waals surface area (Å²) in [6, 6.07) is 6.13. The van der Waals surface area contributed by atoms with E-state index in [9.17, 15) is 0 Å². The van der Waals surface area contributed by atoms with Crippen molar-refractivity contribution in [3.05, 3.63) is 23.8 Å². The number of para-hydroxylation sites is 1. The summed E-state index contributed by atoms with van der Waals surface area (Å²) >= 11 is 0. The molecule has 1 aromatic rings. The summed E-state index contributed by atoms with van der Waals surface area (Å²) in [6.07, 6.45) is 3.71. The third-order valence-corrected chi connectivity index (χ3v) is 6.05. The first-order valence-electron chi connectivity index (χ1n) is 8.73. The summed E-state index contributed by atoms with van der Waals surface area (Å²) in [5.41, 5.74) is 1.23. The molecule has 2 fully saturated rings. The lowest BCUT2D eigenvalue weighted by molar-refractivity contribution is -0.170. The molecule has 0 aliphatic carbocycles. The van der Waals surface area contributed by atoms with E-state index in [1.54, 1.807) is 7.11 Å². The molecule has 0 amide bonds. The van der Waals surface area contributed by atoms with Gasteiger partial charge in [-0.3, -0.25) is 0 Å². The van der Waals surface area contributed by atoms with Gasteiger partial charge in [-0.25, -0.2) is 0 Å². The van der Waals surface area contributed by atoms with Gasteiger partial charge in [0.25, 0.3) is 0 Å². The van der Waals surface area contributed by atoms with Crippen molar-refractivity contribution in [2.75, 3.05) is 26.8 Å². The standard InChI is InChI=1S/C19H27NO3/c1-18(2)14-11-19(7-9-20-10-8-19)12-22-16(14)13-5-4-6-15(21-3)17(13)23-18/h4-6,14,16,20H,7-12H2,1-3H3/t14-,16+/m0/s1. The molecule has 126 valence electrons. The maximum Gasteiger partial charge on any atom is 0.167 e. The van der Waals surface area contributed by atoms with Gasteiger partial charge >= 0.3 is 0 Å². The highest BCUT2D eigenvalue weighted by Crippen LogP contribution is 2.56. The molecule has 23 heavy (non-hydrogen) atoms. The van der Waals surface area contributed by atoms with Gasteiger partial charge < -0.3 is 19.5 Å². The predicted molar refractivity (Wildman–Crippen MR) is 89.0 cm³/mol.